The maximum absolute atomic E-state index is 12.4. The van der Waals surface area contributed by atoms with Gasteiger partial charge in [0.2, 0.25) is 0 Å². The van der Waals surface area contributed by atoms with E-state index in [1.165, 1.54) is 4.90 Å². The lowest BCUT2D eigenvalue weighted by Gasteiger charge is -2.39. The number of carbonyl (C=O) groups excluding carboxylic acids is 1. The molecule has 0 radical (unpaired) electrons. The number of nitrogens with zero attached hydrogens (tertiary/aromatic N) is 2. The molecule has 1 unspecified atom stereocenters. The van der Waals surface area contributed by atoms with Gasteiger partial charge in [-0.2, -0.15) is 0 Å². The molecule has 0 aromatic rings. The molecule has 1 N–H and O–H groups in total. The van der Waals surface area contributed by atoms with Crippen LogP contribution in [0.4, 0.5) is 4.79 Å². The van der Waals surface area contributed by atoms with Crippen LogP contribution in [0, 0.1) is 0 Å². The van der Waals surface area contributed by atoms with E-state index in [1.807, 2.05) is 20.8 Å². The number of urea groups is 1. The van der Waals surface area contributed by atoms with E-state index in [4.69, 9.17) is 0 Å². The van der Waals surface area contributed by atoms with Gasteiger partial charge in [-0.25, -0.2) is 9.59 Å². The van der Waals surface area contributed by atoms with Gasteiger partial charge in [0.05, 0.1) is 0 Å². The number of rotatable bonds is 6. The summed E-state index contributed by atoms with van der Waals surface area (Å²) >= 11 is 0. The van der Waals surface area contributed by atoms with Crippen molar-refractivity contribution in [2.45, 2.75) is 59.5 Å². The second kappa shape index (κ2) is 6.61. The van der Waals surface area contributed by atoms with Crippen molar-refractivity contribution >= 4 is 12.0 Å². The Bertz CT molecular complexity index is 303. The molecule has 0 aliphatic heterocycles. The standard InChI is InChI=1S/C13H26N2O3/c1-7-10(4)14(8-2)12(18)15(9-3)13(5,6)11(16)17/h10H,7-9H2,1-6H3,(H,16,17). The SMILES string of the molecule is CCC(C)N(CC)C(=O)N(CC)C(C)(C)C(=O)O. The van der Waals surface area contributed by atoms with E-state index in [9.17, 15) is 14.7 Å². The molecule has 0 heterocycles. The zero-order valence-corrected chi connectivity index (χ0v) is 12.4. The fourth-order valence-electron chi connectivity index (χ4n) is 1.90. The fraction of sp³-hybridized carbons (Fsp3) is 0.846. The zero-order chi connectivity index (χ0) is 14.5. The summed E-state index contributed by atoms with van der Waals surface area (Å²) in [7, 11) is 0. The van der Waals surface area contributed by atoms with Crippen LogP contribution in [0.5, 0.6) is 0 Å². The van der Waals surface area contributed by atoms with Gasteiger partial charge in [0.25, 0.3) is 0 Å². The monoisotopic (exact) mass is 258 g/mol. The Morgan fingerprint density at radius 3 is 1.94 bits per heavy atom. The summed E-state index contributed by atoms with van der Waals surface area (Å²) in [6, 6.07) is -0.0945. The van der Waals surface area contributed by atoms with Crippen molar-refractivity contribution in [1.82, 2.24) is 9.80 Å². The second-order valence-electron chi connectivity index (χ2n) is 4.93. The Balaban J connectivity index is 5.18. The number of hydrogen-bond acceptors (Lipinski definition) is 2. The van der Waals surface area contributed by atoms with Crippen LogP contribution in [0.1, 0.15) is 48.0 Å². The molecule has 0 saturated carbocycles. The van der Waals surface area contributed by atoms with E-state index in [-0.39, 0.29) is 12.1 Å². The molecule has 0 bridgehead atoms. The number of likely N-dealkylation sites (N-methyl/N-ethyl adjacent to an activating group) is 1. The molecular weight excluding hydrogens is 232 g/mol. The first kappa shape index (κ1) is 16.7. The van der Waals surface area contributed by atoms with Crippen molar-refractivity contribution in [1.29, 1.82) is 0 Å². The molecule has 5 heteroatoms. The predicted molar refractivity (Wildman–Crippen MR) is 71.6 cm³/mol. The van der Waals surface area contributed by atoms with Crippen LogP contribution >= 0.6 is 0 Å². The van der Waals surface area contributed by atoms with Gasteiger partial charge in [0.1, 0.15) is 5.54 Å². The number of carboxylic acid groups (broad SMARTS) is 1. The van der Waals surface area contributed by atoms with Crippen LogP contribution in [0.2, 0.25) is 0 Å². The average Bonchev–Trinajstić information content (AvgIpc) is 2.29. The third-order valence-electron chi connectivity index (χ3n) is 3.45. The van der Waals surface area contributed by atoms with Crippen molar-refractivity contribution in [3.63, 3.8) is 0 Å². The molecule has 5 nitrogen and oxygen atoms in total. The van der Waals surface area contributed by atoms with E-state index in [0.29, 0.717) is 13.1 Å². The molecule has 0 saturated heterocycles. The highest BCUT2D eigenvalue weighted by molar-refractivity contribution is 5.85. The lowest BCUT2D eigenvalue weighted by Crippen LogP contribution is -2.58. The van der Waals surface area contributed by atoms with E-state index in [1.54, 1.807) is 25.7 Å². The number of carbonyl (C=O) groups is 2. The van der Waals surface area contributed by atoms with Crippen molar-refractivity contribution in [2.24, 2.45) is 0 Å². The predicted octanol–water partition coefficient (Wildman–Crippen LogP) is 2.41. The van der Waals surface area contributed by atoms with Crippen molar-refractivity contribution in [3.8, 4) is 0 Å². The van der Waals surface area contributed by atoms with Gasteiger partial charge < -0.3 is 14.9 Å². The first-order valence-corrected chi connectivity index (χ1v) is 6.55. The summed E-state index contributed by atoms with van der Waals surface area (Å²) in [6.07, 6.45) is 0.852. The molecular formula is C13H26N2O3. The second-order valence-corrected chi connectivity index (χ2v) is 4.93. The lowest BCUT2D eigenvalue weighted by molar-refractivity contribution is -0.147. The number of hydrogen-bond donors (Lipinski definition) is 1. The van der Waals surface area contributed by atoms with Crippen LogP contribution in [-0.2, 0) is 4.79 Å². The van der Waals surface area contributed by atoms with Gasteiger partial charge in [-0.3, -0.25) is 0 Å². The summed E-state index contributed by atoms with van der Waals surface area (Å²) in [5.41, 5.74) is -1.19. The van der Waals surface area contributed by atoms with Gasteiger partial charge in [-0.15, -0.1) is 0 Å². The normalized spacial score (nSPS) is 13.0. The molecule has 0 aromatic carbocycles. The molecule has 0 spiro atoms. The van der Waals surface area contributed by atoms with Gasteiger partial charge in [-0.05, 0) is 41.0 Å². The molecule has 106 valence electrons. The Hall–Kier alpha value is -1.26. The largest absolute Gasteiger partial charge is 0.480 e. The maximum atomic E-state index is 12.4. The van der Waals surface area contributed by atoms with Crippen LogP contribution in [0.3, 0.4) is 0 Å². The highest BCUT2D eigenvalue weighted by Crippen LogP contribution is 2.18. The molecule has 0 rings (SSSR count). The molecule has 0 fully saturated rings. The molecule has 0 aliphatic carbocycles. The lowest BCUT2D eigenvalue weighted by atomic mass is 10.0. The Labute approximate surface area is 110 Å². The maximum Gasteiger partial charge on any atom is 0.329 e. The van der Waals surface area contributed by atoms with Gasteiger partial charge in [-0.1, -0.05) is 6.92 Å². The topological polar surface area (TPSA) is 60.9 Å². The average molecular weight is 258 g/mol. The van der Waals surface area contributed by atoms with E-state index >= 15 is 0 Å². The van der Waals surface area contributed by atoms with E-state index < -0.39 is 11.5 Å². The summed E-state index contributed by atoms with van der Waals surface area (Å²) in [5, 5.41) is 9.23. The van der Waals surface area contributed by atoms with Gasteiger partial charge in [0, 0.05) is 19.1 Å². The minimum atomic E-state index is -1.19. The minimum Gasteiger partial charge on any atom is -0.480 e. The van der Waals surface area contributed by atoms with E-state index in [0.717, 1.165) is 6.42 Å². The fourth-order valence-corrected chi connectivity index (χ4v) is 1.90. The molecule has 18 heavy (non-hydrogen) atoms. The highest BCUT2D eigenvalue weighted by atomic mass is 16.4. The smallest absolute Gasteiger partial charge is 0.329 e. The van der Waals surface area contributed by atoms with E-state index in [2.05, 4.69) is 0 Å². The number of amides is 2. The third kappa shape index (κ3) is 3.37. The molecule has 0 aromatic heterocycles. The first-order chi connectivity index (χ1) is 8.23. The minimum absolute atomic E-state index is 0.112. The number of aliphatic carboxylic acids is 1. The zero-order valence-electron chi connectivity index (χ0n) is 12.4. The summed E-state index contributed by atoms with van der Waals surface area (Å²) < 4.78 is 0. The molecule has 2 amide bonds. The van der Waals surface area contributed by atoms with Crippen molar-refractivity contribution in [3.05, 3.63) is 0 Å². The highest BCUT2D eigenvalue weighted by Gasteiger charge is 2.39. The number of carboxylic acids is 1. The van der Waals surface area contributed by atoms with Gasteiger partial charge >= 0.3 is 12.0 Å². The first-order valence-electron chi connectivity index (χ1n) is 6.55. The van der Waals surface area contributed by atoms with Crippen molar-refractivity contribution < 1.29 is 14.7 Å². The summed E-state index contributed by atoms with van der Waals surface area (Å²) in [4.78, 5) is 26.8. The summed E-state index contributed by atoms with van der Waals surface area (Å²) in [6.45, 7) is 11.8. The Kier molecular flexibility index (Phi) is 6.15. The van der Waals surface area contributed by atoms with Crippen LogP contribution < -0.4 is 0 Å². The Morgan fingerprint density at radius 2 is 1.67 bits per heavy atom. The molecule has 1 atom stereocenters. The third-order valence-corrected chi connectivity index (χ3v) is 3.45. The van der Waals surface area contributed by atoms with Gasteiger partial charge in [0.15, 0.2) is 0 Å². The van der Waals surface area contributed by atoms with Crippen LogP contribution in [0.15, 0.2) is 0 Å². The summed E-state index contributed by atoms with van der Waals surface area (Å²) in [5.74, 6) is -0.988. The quantitative estimate of drug-likeness (QED) is 0.796. The molecule has 0 aliphatic rings. The van der Waals surface area contributed by atoms with Crippen LogP contribution in [-0.4, -0.2) is 51.6 Å². The van der Waals surface area contributed by atoms with Crippen molar-refractivity contribution in [2.75, 3.05) is 13.1 Å². The van der Waals surface area contributed by atoms with Crippen LogP contribution in [0.25, 0.3) is 0 Å². The Morgan fingerprint density at radius 1 is 1.17 bits per heavy atom.